The molecule has 1 aliphatic carbocycles. The van der Waals surface area contributed by atoms with E-state index >= 15 is 0 Å². The number of nitrogens with zero attached hydrogens (tertiary/aromatic N) is 2. The van der Waals surface area contributed by atoms with E-state index in [1.807, 2.05) is 0 Å². The fourth-order valence-corrected chi connectivity index (χ4v) is 3.20. The zero-order valence-electron chi connectivity index (χ0n) is 9.28. The Kier molecular flexibility index (Phi) is 2.28. The van der Waals surface area contributed by atoms with E-state index < -0.39 is 0 Å². The van der Waals surface area contributed by atoms with Gasteiger partial charge in [0.15, 0.2) is 6.39 Å². The van der Waals surface area contributed by atoms with Crippen LogP contribution in [0.1, 0.15) is 31.2 Å². The van der Waals surface area contributed by atoms with Crippen molar-refractivity contribution in [1.82, 2.24) is 9.88 Å². The highest BCUT2D eigenvalue weighted by Gasteiger charge is 2.36. The third kappa shape index (κ3) is 1.49. The molecule has 15 heavy (non-hydrogen) atoms. The van der Waals surface area contributed by atoms with E-state index in [0.717, 1.165) is 24.5 Å². The lowest BCUT2D eigenvalue weighted by atomic mass is 9.79. The number of aromatic nitrogens is 1. The highest BCUT2D eigenvalue weighted by atomic mass is 16.3. The van der Waals surface area contributed by atoms with Crippen molar-refractivity contribution in [2.45, 2.75) is 38.6 Å². The third-order valence-electron chi connectivity index (χ3n) is 4.02. The fourth-order valence-electron chi connectivity index (χ4n) is 3.20. The monoisotopic (exact) mass is 206 g/mol. The Bertz CT molecular complexity index is 347. The molecule has 0 radical (unpaired) electrons. The first-order valence-electron chi connectivity index (χ1n) is 6.03. The van der Waals surface area contributed by atoms with Gasteiger partial charge in [-0.15, -0.1) is 0 Å². The van der Waals surface area contributed by atoms with Crippen LogP contribution in [-0.2, 0) is 12.8 Å². The molecule has 0 N–H and O–H groups in total. The lowest BCUT2D eigenvalue weighted by Gasteiger charge is -2.42. The molecule has 0 aromatic carbocycles. The Morgan fingerprint density at radius 1 is 1.53 bits per heavy atom. The van der Waals surface area contributed by atoms with Crippen molar-refractivity contribution < 1.29 is 4.42 Å². The molecule has 1 fully saturated rings. The second kappa shape index (κ2) is 3.63. The summed E-state index contributed by atoms with van der Waals surface area (Å²) in [4.78, 5) is 6.92. The molecular formula is C12H18N2O. The summed E-state index contributed by atoms with van der Waals surface area (Å²) < 4.78 is 5.46. The molecule has 1 aliphatic heterocycles. The molecule has 82 valence electrons. The van der Waals surface area contributed by atoms with Gasteiger partial charge in [-0.2, -0.15) is 0 Å². The van der Waals surface area contributed by atoms with Gasteiger partial charge in [-0.1, -0.05) is 6.92 Å². The van der Waals surface area contributed by atoms with Crippen LogP contribution in [0.3, 0.4) is 0 Å². The topological polar surface area (TPSA) is 29.3 Å². The van der Waals surface area contributed by atoms with Gasteiger partial charge in [-0.05, 0) is 38.3 Å². The van der Waals surface area contributed by atoms with Crippen LogP contribution in [0, 0.1) is 5.92 Å². The van der Waals surface area contributed by atoms with E-state index in [2.05, 4.69) is 16.8 Å². The number of hydrogen-bond acceptors (Lipinski definition) is 3. The minimum Gasteiger partial charge on any atom is -0.448 e. The minimum atomic E-state index is 0.712. The Balaban J connectivity index is 1.87. The first-order chi connectivity index (χ1) is 7.38. The van der Waals surface area contributed by atoms with E-state index in [1.54, 1.807) is 6.39 Å². The molecule has 3 rings (SSSR count). The van der Waals surface area contributed by atoms with Gasteiger partial charge >= 0.3 is 0 Å². The lowest BCUT2D eigenvalue weighted by molar-refractivity contribution is 0.0850. The van der Waals surface area contributed by atoms with E-state index in [-0.39, 0.29) is 0 Å². The van der Waals surface area contributed by atoms with Crippen LogP contribution in [0.25, 0.3) is 0 Å². The quantitative estimate of drug-likeness (QED) is 0.702. The van der Waals surface area contributed by atoms with E-state index in [0.29, 0.717) is 6.04 Å². The smallest absolute Gasteiger partial charge is 0.181 e. The molecule has 2 heterocycles. The average Bonchev–Trinajstić information content (AvgIpc) is 2.72. The van der Waals surface area contributed by atoms with Crippen molar-refractivity contribution in [3.63, 3.8) is 0 Å². The largest absolute Gasteiger partial charge is 0.448 e. The van der Waals surface area contributed by atoms with Gasteiger partial charge in [0.2, 0.25) is 0 Å². The SMILES string of the molecule is CCN1CCC[C@@H]2Cc3ncoc3C[C@H]21. The van der Waals surface area contributed by atoms with Crippen LogP contribution in [0.4, 0.5) is 0 Å². The Morgan fingerprint density at radius 2 is 2.47 bits per heavy atom. The summed E-state index contributed by atoms with van der Waals surface area (Å²) in [5, 5.41) is 0. The number of oxazole rings is 1. The molecule has 3 heteroatoms. The van der Waals surface area contributed by atoms with Gasteiger partial charge < -0.3 is 4.42 Å². The van der Waals surface area contributed by atoms with Crippen LogP contribution in [0.15, 0.2) is 10.8 Å². The lowest BCUT2D eigenvalue weighted by Crippen LogP contribution is -2.48. The number of piperidine rings is 1. The van der Waals surface area contributed by atoms with Crippen molar-refractivity contribution in [3.05, 3.63) is 17.8 Å². The summed E-state index contributed by atoms with van der Waals surface area (Å²) in [6.07, 6.45) is 6.54. The molecule has 0 unspecified atom stereocenters. The first kappa shape index (κ1) is 9.40. The zero-order chi connectivity index (χ0) is 10.3. The van der Waals surface area contributed by atoms with Gasteiger partial charge in [-0.25, -0.2) is 4.98 Å². The molecule has 0 amide bonds. The van der Waals surface area contributed by atoms with Crippen molar-refractivity contribution in [1.29, 1.82) is 0 Å². The molecule has 1 saturated heterocycles. The number of likely N-dealkylation sites (N-methyl/N-ethyl adjacent to an activating group) is 1. The molecule has 3 nitrogen and oxygen atoms in total. The summed E-state index contributed by atoms with van der Waals surface area (Å²) in [7, 11) is 0. The molecule has 0 spiro atoms. The number of likely N-dealkylation sites (tertiary alicyclic amines) is 1. The molecular weight excluding hydrogens is 188 g/mol. The zero-order valence-corrected chi connectivity index (χ0v) is 9.28. The Hall–Kier alpha value is -0.830. The molecule has 0 bridgehead atoms. The van der Waals surface area contributed by atoms with E-state index in [1.165, 1.54) is 31.6 Å². The summed E-state index contributed by atoms with van der Waals surface area (Å²) in [5.74, 6) is 1.95. The summed E-state index contributed by atoms with van der Waals surface area (Å²) in [6, 6.07) is 0.712. The third-order valence-corrected chi connectivity index (χ3v) is 4.02. The van der Waals surface area contributed by atoms with Crippen LogP contribution >= 0.6 is 0 Å². The summed E-state index contributed by atoms with van der Waals surface area (Å²) in [6.45, 7) is 4.70. The molecule has 1 aromatic rings. The minimum absolute atomic E-state index is 0.712. The predicted molar refractivity (Wildman–Crippen MR) is 57.7 cm³/mol. The van der Waals surface area contributed by atoms with Crippen LogP contribution in [0.5, 0.6) is 0 Å². The Morgan fingerprint density at radius 3 is 3.33 bits per heavy atom. The normalized spacial score (nSPS) is 31.0. The van der Waals surface area contributed by atoms with Crippen LogP contribution in [-0.4, -0.2) is 29.0 Å². The van der Waals surface area contributed by atoms with Gasteiger partial charge in [0.1, 0.15) is 5.76 Å². The second-order valence-electron chi connectivity index (χ2n) is 4.73. The van der Waals surface area contributed by atoms with Gasteiger partial charge in [0.25, 0.3) is 0 Å². The molecule has 0 saturated carbocycles. The maximum absolute atomic E-state index is 5.46. The Labute approximate surface area is 90.5 Å². The molecule has 1 aromatic heterocycles. The maximum Gasteiger partial charge on any atom is 0.181 e. The van der Waals surface area contributed by atoms with Gasteiger partial charge in [0.05, 0.1) is 5.69 Å². The highest BCUT2D eigenvalue weighted by Crippen LogP contribution is 2.34. The van der Waals surface area contributed by atoms with Crippen LogP contribution < -0.4 is 0 Å². The van der Waals surface area contributed by atoms with Gasteiger partial charge in [0, 0.05) is 12.5 Å². The van der Waals surface area contributed by atoms with E-state index in [4.69, 9.17) is 4.42 Å². The highest BCUT2D eigenvalue weighted by molar-refractivity contribution is 5.16. The number of fused-ring (bicyclic) bond motifs is 2. The molecule has 2 atom stereocenters. The van der Waals surface area contributed by atoms with Gasteiger partial charge in [-0.3, -0.25) is 4.90 Å². The van der Waals surface area contributed by atoms with Crippen molar-refractivity contribution in [3.8, 4) is 0 Å². The van der Waals surface area contributed by atoms with Crippen molar-refractivity contribution in [2.24, 2.45) is 5.92 Å². The van der Waals surface area contributed by atoms with Crippen molar-refractivity contribution in [2.75, 3.05) is 13.1 Å². The maximum atomic E-state index is 5.46. The average molecular weight is 206 g/mol. The second-order valence-corrected chi connectivity index (χ2v) is 4.73. The van der Waals surface area contributed by atoms with Crippen molar-refractivity contribution >= 4 is 0 Å². The van der Waals surface area contributed by atoms with E-state index in [9.17, 15) is 0 Å². The predicted octanol–water partition coefficient (Wildman–Crippen LogP) is 1.87. The first-order valence-corrected chi connectivity index (χ1v) is 6.03. The fraction of sp³-hybridized carbons (Fsp3) is 0.750. The summed E-state index contributed by atoms with van der Waals surface area (Å²) >= 11 is 0. The standard InChI is InChI=1S/C12H18N2O/c1-2-14-5-3-4-9-6-10-12(7-11(9)14)15-8-13-10/h8-9,11H,2-7H2,1H3/t9-,11-/m1/s1. The molecule has 2 aliphatic rings. The van der Waals surface area contributed by atoms with Crippen LogP contribution in [0.2, 0.25) is 0 Å². The summed E-state index contributed by atoms with van der Waals surface area (Å²) in [5.41, 5.74) is 1.22. The number of hydrogen-bond donors (Lipinski definition) is 0. The number of rotatable bonds is 1.